The minimum absolute atomic E-state index is 0.809. The lowest BCUT2D eigenvalue weighted by Crippen LogP contribution is -2.25. The van der Waals surface area contributed by atoms with E-state index in [9.17, 15) is 0 Å². The molecule has 0 unspecified atom stereocenters. The fraction of sp³-hybridized carbons (Fsp3) is 0.222. The molecule has 0 radical (unpaired) electrons. The molecule has 0 bridgehead atoms. The van der Waals surface area contributed by atoms with Crippen LogP contribution in [0.3, 0.4) is 0 Å². The molecule has 4 nitrogen and oxygen atoms in total. The zero-order valence-electron chi connectivity index (χ0n) is 13.5. The normalized spacial score (nSPS) is 16.0. The summed E-state index contributed by atoms with van der Waals surface area (Å²) in [5, 5.41) is 5.30. The van der Waals surface area contributed by atoms with Crippen LogP contribution in [-0.2, 0) is 0 Å². The third-order valence-corrected chi connectivity index (χ3v) is 4.50. The van der Waals surface area contributed by atoms with E-state index in [-0.39, 0.29) is 0 Å². The summed E-state index contributed by atoms with van der Waals surface area (Å²) in [6, 6.07) is 14.1. The number of aliphatic imine (C=N–C) groups is 1. The Balaban J connectivity index is 1.75. The molecular weight excluding hydrogens is 306 g/mol. The predicted molar refractivity (Wildman–Crippen MR) is 98.1 cm³/mol. The van der Waals surface area contributed by atoms with Crippen LogP contribution >= 0.6 is 11.8 Å². The summed E-state index contributed by atoms with van der Waals surface area (Å²) in [6.45, 7) is 4.22. The summed E-state index contributed by atoms with van der Waals surface area (Å²) in [7, 11) is 1.66. The average molecular weight is 325 g/mol. The van der Waals surface area contributed by atoms with Crippen molar-refractivity contribution < 1.29 is 4.74 Å². The molecule has 1 aliphatic rings. The number of ether oxygens (including phenoxy) is 1. The van der Waals surface area contributed by atoms with Gasteiger partial charge in [-0.15, -0.1) is 0 Å². The van der Waals surface area contributed by atoms with Crippen LogP contribution in [0.1, 0.15) is 16.7 Å². The number of hydrogen-bond donors (Lipinski definition) is 1. The SMILES string of the molecule is COc1ccc(N=C2NN=C(c3ccc(C)cc3C)CS2)cc1. The number of hydrazone groups is 1. The zero-order chi connectivity index (χ0) is 16.2. The van der Waals surface area contributed by atoms with Gasteiger partial charge in [0.2, 0.25) is 0 Å². The van der Waals surface area contributed by atoms with Crippen molar-refractivity contribution in [1.29, 1.82) is 0 Å². The molecule has 1 aliphatic heterocycles. The highest BCUT2D eigenvalue weighted by molar-refractivity contribution is 8.14. The highest BCUT2D eigenvalue weighted by atomic mass is 32.2. The van der Waals surface area contributed by atoms with E-state index >= 15 is 0 Å². The van der Waals surface area contributed by atoms with E-state index in [4.69, 9.17) is 4.74 Å². The van der Waals surface area contributed by atoms with Gasteiger partial charge in [0.25, 0.3) is 0 Å². The van der Waals surface area contributed by atoms with E-state index in [2.05, 4.69) is 47.6 Å². The Kier molecular flexibility index (Phi) is 4.67. The van der Waals surface area contributed by atoms with E-state index in [1.165, 1.54) is 16.7 Å². The molecule has 0 amide bonds. The number of amidine groups is 1. The van der Waals surface area contributed by atoms with Crippen LogP contribution in [0, 0.1) is 13.8 Å². The smallest absolute Gasteiger partial charge is 0.182 e. The first kappa shape index (κ1) is 15.6. The van der Waals surface area contributed by atoms with Crippen molar-refractivity contribution in [3.05, 3.63) is 59.2 Å². The summed E-state index contributed by atoms with van der Waals surface area (Å²) in [5.41, 5.74) is 8.71. The largest absolute Gasteiger partial charge is 0.497 e. The van der Waals surface area contributed by atoms with Gasteiger partial charge in [0.05, 0.1) is 18.5 Å². The monoisotopic (exact) mass is 325 g/mol. The number of thioether (sulfide) groups is 1. The number of aryl methyl sites for hydroxylation is 2. The first-order chi connectivity index (χ1) is 11.2. The highest BCUT2D eigenvalue weighted by Crippen LogP contribution is 2.22. The second kappa shape index (κ2) is 6.87. The molecule has 1 N–H and O–H groups in total. The van der Waals surface area contributed by atoms with Crippen LogP contribution in [0.5, 0.6) is 5.75 Å². The molecule has 0 atom stereocenters. The molecule has 23 heavy (non-hydrogen) atoms. The van der Waals surface area contributed by atoms with Crippen molar-refractivity contribution in [3.63, 3.8) is 0 Å². The number of rotatable bonds is 3. The van der Waals surface area contributed by atoms with E-state index in [1.807, 2.05) is 24.3 Å². The van der Waals surface area contributed by atoms with Crippen molar-refractivity contribution in [2.75, 3.05) is 12.9 Å². The molecule has 0 fully saturated rings. The Labute approximate surface area is 140 Å². The third-order valence-electron chi connectivity index (χ3n) is 3.63. The van der Waals surface area contributed by atoms with Crippen molar-refractivity contribution in [3.8, 4) is 5.75 Å². The lowest BCUT2D eigenvalue weighted by Gasteiger charge is -2.16. The Morgan fingerprint density at radius 2 is 1.91 bits per heavy atom. The molecule has 0 saturated heterocycles. The molecule has 0 saturated carbocycles. The van der Waals surface area contributed by atoms with Crippen LogP contribution in [0.2, 0.25) is 0 Å². The maximum atomic E-state index is 5.15. The van der Waals surface area contributed by atoms with Crippen LogP contribution in [-0.4, -0.2) is 23.7 Å². The maximum Gasteiger partial charge on any atom is 0.182 e. The van der Waals surface area contributed by atoms with Crippen molar-refractivity contribution in [2.24, 2.45) is 10.1 Å². The Morgan fingerprint density at radius 1 is 1.13 bits per heavy atom. The number of nitrogens with zero attached hydrogens (tertiary/aromatic N) is 2. The summed E-state index contributed by atoms with van der Waals surface area (Å²) < 4.78 is 5.15. The fourth-order valence-corrected chi connectivity index (χ4v) is 3.20. The molecule has 5 heteroatoms. The third kappa shape index (κ3) is 3.74. The van der Waals surface area contributed by atoms with Crippen LogP contribution < -0.4 is 10.2 Å². The molecule has 2 aromatic carbocycles. The van der Waals surface area contributed by atoms with Crippen molar-refractivity contribution in [1.82, 2.24) is 5.43 Å². The number of nitrogens with one attached hydrogen (secondary N) is 1. The minimum atomic E-state index is 0.809. The van der Waals surface area contributed by atoms with Gasteiger partial charge in [0, 0.05) is 11.3 Å². The van der Waals surface area contributed by atoms with E-state index in [0.717, 1.165) is 28.1 Å². The zero-order valence-corrected chi connectivity index (χ0v) is 14.3. The van der Waals surface area contributed by atoms with Crippen LogP contribution in [0.25, 0.3) is 0 Å². The first-order valence-electron chi connectivity index (χ1n) is 7.41. The topological polar surface area (TPSA) is 46.0 Å². The van der Waals surface area contributed by atoms with Gasteiger partial charge in [-0.3, -0.25) is 5.43 Å². The van der Waals surface area contributed by atoms with Gasteiger partial charge in [-0.25, -0.2) is 4.99 Å². The predicted octanol–water partition coefficient (Wildman–Crippen LogP) is 4.04. The van der Waals surface area contributed by atoms with Gasteiger partial charge in [0.15, 0.2) is 5.17 Å². The Bertz CT molecular complexity index is 766. The Hall–Kier alpha value is -2.27. The molecule has 0 aromatic heterocycles. The quantitative estimate of drug-likeness (QED) is 0.926. The second-order valence-electron chi connectivity index (χ2n) is 5.39. The van der Waals surface area contributed by atoms with E-state index < -0.39 is 0 Å². The lowest BCUT2D eigenvalue weighted by atomic mass is 10.0. The van der Waals surface area contributed by atoms with Crippen LogP contribution in [0.15, 0.2) is 52.6 Å². The maximum absolute atomic E-state index is 5.15. The average Bonchev–Trinajstić information content (AvgIpc) is 2.57. The molecule has 2 aromatic rings. The summed E-state index contributed by atoms with van der Waals surface area (Å²) in [6.07, 6.45) is 0. The fourth-order valence-electron chi connectivity index (χ4n) is 2.42. The van der Waals surface area contributed by atoms with Gasteiger partial charge in [-0.2, -0.15) is 5.10 Å². The molecule has 3 rings (SSSR count). The van der Waals surface area contributed by atoms with Gasteiger partial charge >= 0.3 is 0 Å². The van der Waals surface area contributed by atoms with Crippen molar-refractivity contribution in [2.45, 2.75) is 13.8 Å². The number of methoxy groups -OCH3 is 1. The molecule has 0 aliphatic carbocycles. The van der Waals surface area contributed by atoms with Gasteiger partial charge < -0.3 is 4.74 Å². The molecular formula is C18H19N3OS. The standard InChI is InChI=1S/C18H19N3OS/c1-12-4-9-16(13(2)10-12)17-11-23-18(21-20-17)19-14-5-7-15(22-3)8-6-14/h4-10H,11H2,1-3H3,(H,19,21). The van der Waals surface area contributed by atoms with E-state index in [0.29, 0.717) is 0 Å². The first-order valence-corrected chi connectivity index (χ1v) is 8.40. The number of hydrogen-bond acceptors (Lipinski definition) is 4. The number of benzene rings is 2. The van der Waals surface area contributed by atoms with Gasteiger partial charge in [0.1, 0.15) is 5.75 Å². The second-order valence-corrected chi connectivity index (χ2v) is 6.36. The molecule has 1 heterocycles. The summed E-state index contributed by atoms with van der Waals surface area (Å²) in [5.74, 6) is 1.64. The molecule has 0 spiro atoms. The molecule has 118 valence electrons. The summed E-state index contributed by atoms with van der Waals surface area (Å²) >= 11 is 1.66. The lowest BCUT2D eigenvalue weighted by molar-refractivity contribution is 0.415. The highest BCUT2D eigenvalue weighted by Gasteiger charge is 2.14. The van der Waals surface area contributed by atoms with E-state index in [1.54, 1.807) is 18.9 Å². The van der Waals surface area contributed by atoms with Gasteiger partial charge in [-0.1, -0.05) is 35.5 Å². The van der Waals surface area contributed by atoms with Crippen LogP contribution in [0.4, 0.5) is 5.69 Å². The minimum Gasteiger partial charge on any atom is -0.497 e. The van der Waals surface area contributed by atoms with Gasteiger partial charge in [-0.05, 0) is 43.7 Å². The van der Waals surface area contributed by atoms with Crippen molar-refractivity contribution >= 4 is 28.3 Å². The Morgan fingerprint density at radius 3 is 2.52 bits per heavy atom. The summed E-state index contributed by atoms with van der Waals surface area (Å²) in [4.78, 5) is 4.56.